The van der Waals surface area contributed by atoms with Gasteiger partial charge in [-0.05, 0) is 12.8 Å². The second-order valence-electron chi connectivity index (χ2n) is 7.43. The van der Waals surface area contributed by atoms with E-state index in [0.29, 0.717) is 12.8 Å². The number of ketones is 1. The van der Waals surface area contributed by atoms with Gasteiger partial charge in [0.15, 0.2) is 0 Å². The first kappa shape index (κ1) is 25.6. The van der Waals surface area contributed by atoms with E-state index in [1.54, 1.807) is 0 Å². The Morgan fingerprint density at radius 3 is 1.63 bits per heavy atom. The lowest BCUT2D eigenvalue weighted by Gasteiger charge is -2.12. The van der Waals surface area contributed by atoms with E-state index in [2.05, 4.69) is 13.8 Å². The molecule has 0 heterocycles. The lowest BCUT2D eigenvalue weighted by atomic mass is 9.98. The second-order valence-corrected chi connectivity index (χ2v) is 7.43. The molecule has 0 spiro atoms. The zero-order valence-corrected chi connectivity index (χ0v) is 17.3. The molecular weight excluding hydrogens is 344 g/mol. The van der Waals surface area contributed by atoms with Crippen molar-refractivity contribution >= 4 is 11.8 Å². The van der Waals surface area contributed by atoms with Gasteiger partial charge in [0, 0.05) is 6.42 Å². The summed E-state index contributed by atoms with van der Waals surface area (Å²) >= 11 is 0. The molecule has 27 heavy (non-hydrogen) atoms. The van der Waals surface area contributed by atoms with Gasteiger partial charge in [-0.2, -0.15) is 0 Å². The third-order valence-corrected chi connectivity index (χ3v) is 4.90. The minimum Gasteiger partial charge on any atom is -0.511 e. The van der Waals surface area contributed by atoms with Crippen LogP contribution in [-0.2, 0) is 9.59 Å². The molecule has 0 aliphatic heterocycles. The van der Waals surface area contributed by atoms with Crippen LogP contribution in [0.2, 0.25) is 0 Å². The summed E-state index contributed by atoms with van der Waals surface area (Å²) in [6.07, 6.45) is 12.5. The Morgan fingerprint density at radius 1 is 0.704 bits per heavy atom. The number of Topliss-reactive ketones (excluding diaryl/α,β-unsaturated/α-hetero) is 1. The topological polar surface area (TPSA) is 94.8 Å². The smallest absolute Gasteiger partial charge is 0.342 e. The van der Waals surface area contributed by atoms with Crippen molar-refractivity contribution in [2.75, 3.05) is 0 Å². The Balaban J connectivity index is 4.36. The molecule has 5 nitrogen and oxygen atoms in total. The highest BCUT2D eigenvalue weighted by Gasteiger charge is 2.28. The number of hydrogen-bond donors (Lipinski definition) is 3. The average molecular weight is 385 g/mol. The van der Waals surface area contributed by atoms with Crippen molar-refractivity contribution in [1.29, 1.82) is 0 Å². The molecule has 0 fully saturated rings. The second kappa shape index (κ2) is 16.8. The van der Waals surface area contributed by atoms with Crippen LogP contribution in [0.5, 0.6) is 0 Å². The van der Waals surface area contributed by atoms with Gasteiger partial charge in [0.05, 0.1) is 0 Å². The highest BCUT2D eigenvalue weighted by molar-refractivity contribution is 6.18. The lowest BCUT2D eigenvalue weighted by molar-refractivity contribution is -0.136. The third kappa shape index (κ3) is 12.6. The molecule has 0 aliphatic rings. The molecule has 0 saturated heterocycles. The molecule has 5 heteroatoms. The number of carbonyl (C=O) groups is 2. The quantitative estimate of drug-likeness (QED) is 0.0925. The fourth-order valence-electron chi connectivity index (χ4n) is 3.16. The van der Waals surface area contributed by atoms with Gasteiger partial charge in [0.1, 0.15) is 17.4 Å². The highest BCUT2D eigenvalue weighted by atomic mass is 16.4. The predicted octanol–water partition coefficient (Wildman–Crippen LogP) is 5.70. The molecule has 1 atom stereocenters. The predicted molar refractivity (Wildman–Crippen MR) is 109 cm³/mol. The molecule has 0 saturated carbocycles. The number of allylic oxidation sites excluding steroid dienone is 1. The maximum atomic E-state index is 12.3. The van der Waals surface area contributed by atoms with Crippen LogP contribution in [-0.4, -0.2) is 33.2 Å². The van der Waals surface area contributed by atoms with Crippen molar-refractivity contribution < 1.29 is 24.9 Å². The van der Waals surface area contributed by atoms with Crippen LogP contribution >= 0.6 is 0 Å². The molecule has 0 rings (SSSR count). The maximum absolute atomic E-state index is 12.3. The van der Waals surface area contributed by atoms with Gasteiger partial charge in [-0.25, -0.2) is 4.79 Å². The van der Waals surface area contributed by atoms with Crippen LogP contribution in [0.4, 0.5) is 0 Å². The van der Waals surface area contributed by atoms with Crippen molar-refractivity contribution in [2.45, 2.75) is 116 Å². The van der Waals surface area contributed by atoms with Crippen molar-refractivity contribution in [3.05, 3.63) is 11.3 Å². The van der Waals surface area contributed by atoms with Gasteiger partial charge in [-0.1, -0.05) is 90.9 Å². The first-order valence-electron chi connectivity index (χ1n) is 10.8. The summed E-state index contributed by atoms with van der Waals surface area (Å²) in [5, 5.41) is 29.4. The van der Waals surface area contributed by atoms with Crippen LogP contribution in [0, 0.1) is 0 Å². The monoisotopic (exact) mass is 384 g/mol. The highest BCUT2D eigenvalue weighted by Crippen LogP contribution is 2.17. The summed E-state index contributed by atoms with van der Waals surface area (Å²) in [6.45, 7) is 4.30. The molecule has 0 amide bonds. The first-order valence-corrected chi connectivity index (χ1v) is 10.8. The Hall–Kier alpha value is -1.36. The van der Waals surface area contributed by atoms with Crippen LogP contribution in [0.25, 0.3) is 0 Å². The van der Waals surface area contributed by atoms with E-state index < -0.39 is 29.2 Å². The minimum atomic E-state index is -1.46. The van der Waals surface area contributed by atoms with E-state index in [-0.39, 0.29) is 12.8 Å². The number of aliphatic hydroxyl groups excluding tert-OH is 2. The van der Waals surface area contributed by atoms with Crippen LogP contribution < -0.4 is 0 Å². The molecule has 3 N–H and O–H groups in total. The van der Waals surface area contributed by atoms with Gasteiger partial charge in [-0.15, -0.1) is 0 Å². The normalized spacial score (nSPS) is 13.3. The molecule has 0 aliphatic carbocycles. The number of carbonyl (C=O) groups excluding carboxylic acids is 1. The fraction of sp³-hybridized carbons (Fsp3) is 0.818. The van der Waals surface area contributed by atoms with Crippen molar-refractivity contribution in [3.8, 4) is 0 Å². The molecule has 0 aromatic carbocycles. The fourth-order valence-corrected chi connectivity index (χ4v) is 3.16. The van der Waals surface area contributed by atoms with Crippen molar-refractivity contribution in [3.63, 3.8) is 0 Å². The number of carboxylic acid groups (broad SMARTS) is 1. The number of aliphatic hydroxyl groups is 2. The zero-order chi connectivity index (χ0) is 20.5. The van der Waals surface area contributed by atoms with E-state index in [9.17, 15) is 24.9 Å². The molecule has 1 unspecified atom stereocenters. The van der Waals surface area contributed by atoms with Gasteiger partial charge in [0.2, 0.25) is 5.78 Å². The zero-order valence-electron chi connectivity index (χ0n) is 17.3. The number of unbranched alkanes of at least 4 members (excludes halogenated alkanes) is 11. The first-order chi connectivity index (χ1) is 13.0. The van der Waals surface area contributed by atoms with Crippen LogP contribution in [0.15, 0.2) is 11.3 Å². The summed E-state index contributed by atoms with van der Waals surface area (Å²) in [7, 11) is 0. The van der Waals surface area contributed by atoms with E-state index >= 15 is 0 Å². The number of rotatable bonds is 18. The van der Waals surface area contributed by atoms with E-state index in [1.807, 2.05) is 0 Å². The summed E-state index contributed by atoms with van der Waals surface area (Å²) in [4.78, 5) is 23.6. The van der Waals surface area contributed by atoms with Gasteiger partial charge in [0.25, 0.3) is 0 Å². The van der Waals surface area contributed by atoms with E-state index in [0.717, 1.165) is 44.9 Å². The molecule has 0 aromatic rings. The van der Waals surface area contributed by atoms with Crippen LogP contribution in [0.3, 0.4) is 0 Å². The standard InChI is InChI=1S/C22H40O5/c1-3-5-7-9-11-13-14-16-18(23)20(22(26)27)21(25)19(24)17-15-12-10-8-6-4-2/h19,23-24H,3-17H2,1-2H3,(H,26,27). The molecule has 158 valence electrons. The summed E-state index contributed by atoms with van der Waals surface area (Å²) in [5.74, 6) is -2.72. The van der Waals surface area contributed by atoms with Crippen molar-refractivity contribution in [1.82, 2.24) is 0 Å². The molecular formula is C22H40O5. The van der Waals surface area contributed by atoms with E-state index in [4.69, 9.17) is 0 Å². The van der Waals surface area contributed by atoms with Crippen LogP contribution in [0.1, 0.15) is 110 Å². The van der Waals surface area contributed by atoms with E-state index in [1.165, 1.54) is 25.7 Å². The molecule has 0 bridgehead atoms. The SMILES string of the molecule is CCCCCCCCCC(O)=C(C(=O)O)C(=O)C(O)CCCCCCCC. The Labute approximate surface area is 164 Å². The summed E-state index contributed by atoms with van der Waals surface area (Å²) in [6, 6.07) is 0. The Morgan fingerprint density at radius 2 is 1.15 bits per heavy atom. The number of aliphatic carboxylic acids is 1. The number of carboxylic acids is 1. The summed E-state index contributed by atoms with van der Waals surface area (Å²) in [5.41, 5.74) is -0.639. The third-order valence-electron chi connectivity index (χ3n) is 4.90. The molecule has 0 aromatic heterocycles. The maximum Gasteiger partial charge on any atom is 0.342 e. The van der Waals surface area contributed by atoms with Crippen molar-refractivity contribution in [2.24, 2.45) is 0 Å². The minimum absolute atomic E-state index is 0.172. The van der Waals surface area contributed by atoms with Gasteiger partial charge >= 0.3 is 5.97 Å². The number of hydrogen-bond acceptors (Lipinski definition) is 4. The average Bonchev–Trinajstić information content (AvgIpc) is 2.63. The largest absolute Gasteiger partial charge is 0.511 e. The Bertz CT molecular complexity index is 442. The van der Waals surface area contributed by atoms with Gasteiger partial charge in [-0.3, -0.25) is 4.79 Å². The molecule has 0 radical (unpaired) electrons. The lowest BCUT2D eigenvalue weighted by Crippen LogP contribution is -2.27. The van der Waals surface area contributed by atoms with Gasteiger partial charge < -0.3 is 15.3 Å². The summed E-state index contributed by atoms with van der Waals surface area (Å²) < 4.78 is 0. The Kier molecular flexibility index (Phi) is 15.9.